The fourth-order valence-corrected chi connectivity index (χ4v) is 3.81. The summed E-state index contributed by atoms with van der Waals surface area (Å²) < 4.78 is 17.2. The van der Waals surface area contributed by atoms with E-state index in [0.29, 0.717) is 5.75 Å². The van der Waals surface area contributed by atoms with Crippen LogP contribution in [-0.2, 0) is 21.6 Å². The molecule has 2 aromatic carbocycles. The van der Waals surface area contributed by atoms with Gasteiger partial charge in [-0.25, -0.2) is 0 Å². The molecule has 3 aliphatic rings. The molecule has 0 aliphatic carbocycles. The lowest BCUT2D eigenvalue weighted by Crippen LogP contribution is -2.45. The van der Waals surface area contributed by atoms with Gasteiger partial charge in [0.25, 0.3) is 5.91 Å². The summed E-state index contributed by atoms with van der Waals surface area (Å²) in [5.41, 5.74) is 2.47. The van der Waals surface area contributed by atoms with Gasteiger partial charge in [-0.15, -0.1) is 0 Å². The average Bonchev–Trinajstić information content (AvgIpc) is 3.09. The maximum absolute atomic E-state index is 12.9. The molecule has 0 radical (unpaired) electrons. The van der Waals surface area contributed by atoms with Gasteiger partial charge < -0.3 is 19.5 Å². The van der Waals surface area contributed by atoms with Gasteiger partial charge in [0.05, 0.1) is 6.10 Å². The number of nitrogens with one attached hydrogen (secondary N) is 1. The Kier molecular flexibility index (Phi) is 2.40. The van der Waals surface area contributed by atoms with Gasteiger partial charge in [-0.2, -0.15) is 0 Å². The molecule has 23 heavy (non-hydrogen) atoms. The van der Waals surface area contributed by atoms with E-state index in [1.54, 1.807) is 0 Å². The van der Waals surface area contributed by atoms with Crippen LogP contribution < -0.4 is 14.8 Å². The van der Waals surface area contributed by atoms with Crippen LogP contribution in [0.4, 0.5) is 5.69 Å². The molecule has 5 heteroatoms. The van der Waals surface area contributed by atoms with E-state index in [0.717, 1.165) is 34.5 Å². The first-order valence-electron chi connectivity index (χ1n) is 7.70. The van der Waals surface area contributed by atoms with Crippen molar-refractivity contribution in [3.8, 4) is 11.5 Å². The summed E-state index contributed by atoms with van der Waals surface area (Å²) in [7, 11) is 0. The fraction of sp³-hybridized carbons (Fsp3) is 0.278. The monoisotopic (exact) mass is 309 g/mol. The molecule has 0 aromatic heterocycles. The van der Waals surface area contributed by atoms with E-state index in [4.69, 9.17) is 14.2 Å². The molecule has 0 unspecified atom stereocenters. The van der Waals surface area contributed by atoms with Crippen LogP contribution in [0.15, 0.2) is 36.4 Å². The molecule has 116 valence electrons. The topological polar surface area (TPSA) is 56.8 Å². The number of ether oxygens (including phenoxy) is 3. The summed E-state index contributed by atoms with van der Waals surface area (Å²) in [6, 6.07) is 11.6. The Morgan fingerprint density at radius 1 is 1.13 bits per heavy atom. The van der Waals surface area contributed by atoms with E-state index in [2.05, 4.69) is 5.32 Å². The van der Waals surface area contributed by atoms with E-state index >= 15 is 0 Å². The van der Waals surface area contributed by atoms with Gasteiger partial charge in [-0.05, 0) is 37.1 Å². The minimum absolute atomic E-state index is 0.0697. The third-order valence-corrected chi connectivity index (χ3v) is 4.74. The maximum atomic E-state index is 12.9. The molecule has 0 saturated heterocycles. The van der Waals surface area contributed by atoms with Gasteiger partial charge in [0.2, 0.25) is 6.79 Å². The van der Waals surface area contributed by atoms with Crippen LogP contribution in [0.2, 0.25) is 0 Å². The third-order valence-electron chi connectivity index (χ3n) is 4.74. The third kappa shape index (κ3) is 1.57. The number of hydrogen-bond acceptors (Lipinski definition) is 4. The van der Waals surface area contributed by atoms with Gasteiger partial charge in [-0.3, -0.25) is 4.79 Å². The fourth-order valence-electron chi connectivity index (χ4n) is 3.81. The van der Waals surface area contributed by atoms with Crippen molar-refractivity contribution < 1.29 is 19.0 Å². The van der Waals surface area contributed by atoms with Crippen molar-refractivity contribution in [3.05, 3.63) is 53.1 Å². The van der Waals surface area contributed by atoms with E-state index in [1.807, 2.05) is 43.3 Å². The SMILES string of the molecule is C[C@@H]1Cc2cc3c(cc2[C@]2(O1)C(=O)Nc1ccccc12)OCO3. The van der Waals surface area contributed by atoms with E-state index in [9.17, 15) is 4.79 Å². The number of hydrogen-bond donors (Lipinski definition) is 1. The predicted octanol–water partition coefficient (Wildman–Crippen LogP) is 2.57. The van der Waals surface area contributed by atoms with Crippen molar-refractivity contribution in [3.63, 3.8) is 0 Å². The summed E-state index contributed by atoms with van der Waals surface area (Å²) in [6.07, 6.45) is 0.670. The number of anilines is 1. The number of para-hydroxylation sites is 1. The standard InChI is InChI=1S/C18H15NO4/c1-10-6-11-7-15-16(22-9-21-15)8-13(11)18(23-10)12-4-2-3-5-14(12)19-17(18)20/h2-5,7-8,10H,6,9H2,1H3,(H,19,20)/t10-,18+/m1/s1. The second kappa shape index (κ2) is 4.26. The van der Waals surface area contributed by atoms with Crippen LogP contribution in [0.3, 0.4) is 0 Å². The summed E-state index contributed by atoms with van der Waals surface area (Å²) in [5.74, 6) is 1.25. The molecule has 5 rings (SSSR count). The number of benzene rings is 2. The Labute approximate surface area is 133 Å². The quantitative estimate of drug-likeness (QED) is 0.812. The highest BCUT2D eigenvalue weighted by molar-refractivity contribution is 6.08. The smallest absolute Gasteiger partial charge is 0.266 e. The Bertz CT molecular complexity index is 847. The lowest BCUT2D eigenvalue weighted by molar-refractivity contribution is -0.144. The molecule has 2 aromatic rings. The number of rotatable bonds is 0. The van der Waals surface area contributed by atoms with Crippen molar-refractivity contribution in [1.82, 2.24) is 0 Å². The largest absolute Gasteiger partial charge is 0.454 e. The maximum Gasteiger partial charge on any atom is 0.266 e. The molecule has 3 aliphatic heterocycles. The van der Waals surface area contributed by atoms with Crippen LogP contribution in [0, 0.1) is 0 Å². The zero-order chi connectivity index (χ0) is 15.6. The molecule has 2 atom stereocenters. The first kappa shape index (κ1) is 13.0. The lowest BCUT2D eigenvalue weighted by atomic mass is 9.80. The zero-order valence-corrected chi connectivity index (χ0v) is 12.6. The van der Waals surface area contributed by atoms with Gasteiger partial charge in [0.1, 0.15) is 0 Å². The minimum atomic E-state index is -1.11. The number of amides is 1. The molecule has 1 spiro atoms. The minimum Gasteiger partial charge on any atom is -0.454 e. The summed E-state index contributed by atoms with van der Waals surface area (Å²) in [6.45, 7) is 2.20. The average molecular weight is 309 g/mol. The first-order chi connectivity index (χ1) is 11.2. The Morgan fingerprint density at radius 2 is 1.91 bits per heavy atom. The summed E-state index contributed by atoms with van der Waals surface area (Å²) in [4.78, 5) is 12.9. The molecule has 1 amide bonds. The van der Waals surface area contributed by atoms with Crippen LogP contribution in [0.1, 0.15) is 23.6 Å². The van der Waals surface area contributed by atoms with Crippen molar-refractivity contribution in [2.24, 2.45) is 0 Å². The molecular formula is C18H15NO4. The van der Waals surface area contributed by atoms with Crippen molar-refractivity contribution in [2.75, 3.05) is 12.1 Å². The highest BCUT2D eigenvalue weighted by Gasteiger charge is 2.53. The van der Waals surface area contributed by atoms with Crippen molar-refractivity contribution >= 4 is 11.6 Å². The normalized spacial score (nSPS) is 26.8. The van der Waals surface area contributed by atoms with E-state index in [-0.39, 0.29) is 18.8 Å². The molecule has 0 fully saturated rings. The molecule has 3 heterocycles. The molecule has 0 saturated carbocycles. The van der Waals surface area contributed by atoms with Gasteiger partial charge in [0.15, 0.2) is 17.1 Å². The van der Waals surface area contributed by atoms with Crippen molar-refractivity contribution in [1.29, 1.82) is 0 Å². The van der Waals surface area contributed by atoms with Crippen LogP contribution in [0.25, 0.3) is 0 Å². The molecule has 5 nitrogen and oxygen atoms in total. The van der Waals surface area contributed by atoms with Crippen molar-refractivity contribution in [2.45, 2.75) is 25.0 Å². The second-order valence-corrected chi connectivity index (χ2v) is 6.18. The predicted molar refractivity (Wildman–Crippen MR) is 82.7 cm³/mol. The van der Waals surface area contributed by atoms with Gasteiger partial charge in [-0.1, -0.05) is 18.2 Å². The second-order valence-electron chi connectivity index (χ2n) is 6.18. The van der Waals surface area contributed by atoms with Gasteiger partial charge in [0, 0.05) is 16.8 Å². The first-order valence-corrected chi connectivity index (χ1v) is 7.70. The van der Waals surface area contributed by atoms with E-state index in [1.165, 1.54) is 0 Å². The molecule has 1 N–H and O–H groups in total. The lowest BCUT2D eigenvalue weighted by Gasteiger charge is -2.37. The van der Waals surface area contributed by atoms with E-state index < -0.39 is 5.60 Å². The molecular weight excluding hydrogens is 294 g/mol. The Hall–Kier alpha value is -2.53. The zero-order valence-electron chi connectivity index (χ0n) is 12.6. The number of carbonyl (C=O) groups excluding carboxylic acids is 1. The summed E-state index contributed by atoms with van der Waals surface area (Å²) >= 11 is 0. The number of fused-ring (bicyclic) bond motifs is 5. The highest BCUT2D eigenvalue weighted by atomic mass is 16.7. The summed E-state index contributed by atoms with van der Waals surface area (Å²) in [5, 5.41) is 2.95. The van der Waals surface area contributed by atoms with Crippen LogP contribution in [-0.4, -0.2) is 18.8 Å². The molecule has 0 bridgehead atoms. The van der Waals surface area contributed by atoms with Crippen LogP contribution in [0.5, 0.6) is 11.5 Å². The Balaban J connectivity index is 1.81. The van der Waals surface area contributed by atoms with Crippen LogP contribution >= 0.6 is 0 Å². The highest BCUT2D eigenvalue weighted by Crippen LogP contribution is 2.51. The van der Waals surface area contributed by atoms with Gasteiger partial charge >= 0.3 is 0 Å². The number of carbonyl (C=O) groups is 1. The Morgan fingerprint density at radius 3 is 2.78 bits per heavy atom.